The molecule has 1 unspecified atom stereocenters. The van der Waals surface area contributed by atoms with Crippen LogP contribution in [0.1, 0.15) is 0 Å². The minimum absolute atomic E-state index is 0.0999. The lowest BCUT2D eigenvalue weighted by Crippen LogP contribution is -2.52. The van der Waals surface area contributed by atoms with Gasteiger partial charge < -0.3 is 29.2 Å². The molecule has 30 heavy (non-hydrogen) atoms. The number of methoxy groups -OCH3 is 1. The summed E-state index contributed by atoms with van der Waals surface area (Å²) in [7, 11) is 1.61. The van der Waals surface area contributed by atoms with Crippen molar-refractivity contribution >= 4 is 30.1 Å². The molecular weight excluding hydrogens is 394 g/mol. The number of rotatable bonds is 4. The predicted molar refractivity (Wildman–Crippen MR) is 104 cm³/mol. The Hall–Kier alpha value is -3.50. The number of hydrogen-bond donors (Lipinski definition) is 0. The van der Waals surface area contributed by atoms with E-state index >= 15 is 0 Å². The number of piperazine rings is 2. The van der Waals surface area contributed by atoms with Crippen LogP contribution in [0.15, 0.2) is 24.3 Å². The van der Waals surface area contributed by atoms with Gasteiger partial charge in [-0.25, -0.2) is 9.59 Å². The summed E-state index contributed by atoms with van der Waals surface area (Å²) < 4.78 is 5.16. The number of carbonyl (C=O) groups is 4. The van der Waals surface area contributed by atoms with Gasteiger partial charge in [-0.2, -0.15) is 0 Å². The van der Waals surface area contributed by atoms with Gasteiger partial charge in [-0.1, -0.05) is 5.06 Å². The van der Waals surface area contributed by atoms with E-state index in [9.17, 15) is 19.2 Å². The SMILES string of the molecule is COc1ccc(N2CCN(C(=O)ON3C(=O)C4CN(C=O)CCN4C3=O)CC2)cc1. The lowest BCUT2D eigenvalue weighted by molar-refractivity contribution is -0.152. The molecule has 11 nitrogen and oxygen atoms in total. The van der Waals surface area contributed by atoms with E-state index in [1.165, 1.54) is 14.7 Å². The third-order valence-corrected chi connectivity index (χ3v) is 5.61. The molecule has 0 bridgehead atoms. The molecule has 0 saturated carbocycles. The summed E-state index contributed by atoms with van der Waals surface area (Å²) in [6.45, 7) is 2.64. The smallest absolute Gasteiger partial charge is 0.434 e. The molecule has 0 radical (unpaired) electrons. The first-order valence-electron chi connectivity index (χ1n) is 9.71. The average molecular weight is 417 g/mol. The Morgan fingerprint density at radius 2 is 1.73 bits per heavy atom. The first-order chi connectivity index (χ1) is 14.5. The van der Waals surface area contributed by atoms with Gasteiger partial charge in [0.2, 0.25) is 6.41 Å². The minimum Gasteiger partial charge on any atom is -0.497 e. The maximum Gasteiger partial charge on any atom is 0.434 e. The summed E-state index contributed by atoms with van der Waals surface area (Å²) in [6.07, 6.45) is -0.0929. The van der Waals surface area contributed by atoms with E-state index in [2.05, 4.69) is 4.90 Å². The Labute approximate surface area is 173 Å². The molecule has 3 saturated heterocycles. The van der Waals surface area contributed by atoms with Gasteiger partial charge in [-0.15, -0.1) is 0 Å². The van der Waals surface area contributed by atoms with Crippen LogP contribution in [0.2, 0.25) is 0 Å². The standard InChI is InChI=1S/C19H23N5O6/c1-29-15-4-2-14(3-5-15)21-7-9-22(10-8-21)19(28)30-24-17(26)16-12-20(13-25)6-11-23(16)18(24)27/h2-5,13,16H,6-12H2,1H3. The first-order valence-corrected chi connectivity index (χ1v) is 9.71. The summed E-state index contributed by atoms with van der Waals surface area (Å²) >= 11 is 0. The van der Waals surface area contributed by atoms with Gasteiger partial charge in [-0.3, -0.25) is 9.59 Å². The van der Waals surface area contributed by atoms with Crippen molar-refractivity contribution in [1.82, 2.24) is 19.8 Å². The number of fused-ring (bicyclic) bond motifs is 1. The number of anilines is 1. The summed E-state index contributed by atoms with van der Waals surface area (Å²) in [5.74, 6) is 0.144. The van der Waals surface area contributed by atoms with Crippen LogP contribution < -0.4 is 9.64 Å². The molecule has 3 aliphatic heterocycles. The van der Waals surface area contributed by atoms with E-state index in [0.717, 1.165) is 11.4 Å². The number of hydroxylamine groups is 2. The third kappa shape index (κ3) is 3.58. The highest BCUT2D eigenvalue weighted by Crippen LogP contribution is 2.23. The van der Waals surface area contributed by atoms with Crippen molar-refractivity contribution in [2.24, 2.45) is 0 Å². The Morgan fingerprint density at radius 1 is 1.03 bits per heavy atom. The molecule has 1 atom stereocenters. The van der Waals surface area contributed by atoms with Crippen LogP contribution >= 0.6 is 0 Å². The van der Waals surface area contributed by atoms with Gasteiger partial charge in [0, 0.05) is 45.0 Å². The molecule has 0 aliphatic carbocycles. The van der Waals surface area contributed by atoms with Crippen molar-refractivity contribution in [2.75, 3.05) is 57.8 Å². The number of imide groups is 1. The van der Waals surface area contributed by atoms with E-state index in [-0.39, 0.29) is 13.1 Å². The van der Waals surface area contributed by atoms with Crippen LogP contribution in [0.4, 0.5) is 15.3 Å². The lowest BCUT2D eigenvalue weighted by Gasteiger charge is -2.35. The molecule has 3 heterocycles. The Balaban J connectivity index is 1.33. The molecule has 1 aromatic rings. The molecule has 11 heteroatoms. The molecular formula is C19H23N5O6. The molecule has 0 spiro atoms. The summed E-state index contributed by atoms with van der Waals surface area (Å²) in [6, 6.07) is 6.18. The number of amides is 5. The highest BCUT2D eigenvalue weighted by Gasteiger charge is 2.50. The van der Waals surface area contributed by atoms with Crippen molar-refractivity contribution in [3.05, 3.63) is 24.3 Å². The zero-order valence-corrected chi connectivity index (χ0v) is 16.6. The number of hydrogen-bond acceptors (Lipinski definition) is 7. The second-order valence-corrected chi connectivity index (χ2v) is 7.25. The Kier molecular flexibility index (Phi) is 5.34. The summed E-state index contributed by atoms with van der Waals surface area (Å²) in [5, 5.41) is 0.525. The second-order valence-electron chi connectivity index (χ2n) is 7.25. The Bertz CT molecular complexity index is 838. The van der Waals surface area contributed by atoms with Gasteiger partial charge in [-0.05, 0) is 24.3 Å². The quantitative estimate of drug-likeness (QED) is 0.501. The van der Waals surface area contributed by atoms with Gasteiger partial charge in [0.15, 0.2) is 0 Å². The molecule has 3 aliphatic rings. The number of benzene rings is 1. The van der Waals surface area contributed by atoms with Crippen molar-refractivity contribution in [3.8, 4) is 5.75 Å². The fourth-order valence-electron chi connectivity index (χ4n) is 3.85. The molecule has 3 fully saturated rings. The predicted octanol–water partition coefficient (Wildman–Crippen LogP) is -0.0264. The summed E-state index contributed by atoms with van der Waals surface area (Å²) in [5.41, 5.74) is 1.02. The first kappa shape index (κ1) is 19.8. The highest BCUT2D eigenvalue weighted by molar-refractivity contribution is 6.04. The molecule has 1 aromatic carbocycles. The van der Waals surface area contributed by atoms with E-state index in [1.54, 1.807) is 7.11 Å². The maximum atomic E-state index is 12.5. The minimum atomic E-state index is -0.809. The average Bonchev–Trinajstić information content (AvgIpc) is 3.03. The zero-order valence-electron chi connectivity index (χ0n) is 16.6. The maximum absolute atomic E-state index is 12.5. The van der Waals surface area contributed by atoms with Crippen LogP contribution in [0.25, 0.3) is 0 Å². The number of ether oxygens (including phenoxy) is 1. The second kappa shape index (κ2) is 8.09. The largest absolute Gasteiger partial charge is 0.497 e. The monoisotopic (exact) mass is 417 g/mol. The molecule has 4 rings (SSSR count). The fourth-order valence-corrected chi connectivity index (χ4v) is 3.85. The number of urea groups is 1. The van der Waals surface area contributed by atoms with Gasteiger partial charge in [0.25, 0.3) is 5.91 Å². The molecule has 0 N–H and O–H groups in total. The normalized spacial score (nSPS) is 21.6. The van der Waals surface area contributed by atoms with Crippen molar-refractivity contribution in [1.29, 1.82) is 0 Å². The molecule has 5 amide bonds. The van der Waals surface area contributed by atoms with E-state index in [4.69, 9.17) is 9.57 Å². The Morgan fingerprint density at radius 3 is 2.37 bits per heavy atom. The van der Waals surface area contributed by atoms with Crippen LogP contribution in [-0.4, -0.2) is 103 Å². The van der Waals surface area contributed by atoms with Crippen molar-refractivity contribution < 1.29 is 28.8 Å². The van der Waals surface area contributed by atoms with E-state index < -0.39 is 24.1 Å². The highest BCUT2D eigenvalue weighted by atomic mass is 16.7. The zero-order chi connectivity index (χ0) is 21.3. The number of carbonyl (C=O) groups excluding carboxylic acids is 4. The topological polar surface area (TPSA) is 103 Å². The van der Waals surface area contributed by atoms with E-state index in [1.807, 2.05) is 24.3 Å². The summed E-state index contributed by atoms with van der Waals surface area (Å²) in [4.78, 5) is 60.0. The van der Waals surface area contributed by atoms with Crippen molar-refractivity contribution in [2.45, 2.75) is 6.04 Å². The van der Waals surface area contributed by atoms with Crippen LogP contribution in [-0.2, 0) is 14.4 Å². The van der Waals surface area contributed by atoms with Crippen molar-refractivity contribution in [3.63, 3.8) is 0 Å². The van der Waals surface area contributed by atoms with Crippen LogP contribution in [0.5, 0.6) is 5.75 Å². The number of nitrogens with zero attached hydrogens (tertiary/aromatic N) is 5. The lowest BCUT2D eigenvalue weighted by atomic mass is 10.2. The van der Waals surface area contributed by atoms with Crippen LogP contribution in [0, 0.1) is 0 Å². The van der Waals surface area contributed by atoms with Crippen LogP contribution in [0.3, 0.4) is 0 Å². The van der Waals surface area contributed by atoms with Gasteiger partial charge >= 0.3 is 12.1 Å². The van der Waals surface area contributed by atoms with Gasteiger partial charge in [0.1, 0.15) is 11.8 Å². The van der Waals surface area contributed by atoms with Gasteiger partial charge in [0.05, 0.1) is 13.7 Å². The third-order valence-electron chi connectivity index (χ3n) is 5.61. The van der Waals surface area contributed by atoms with E-state index in [0.29, 0.717) is 44.2 Å². The molecule has 0 aromatic heterocycles. The molecule has 160 valence electrons. The fraction of sp³-hybridized carbons (Fsp3) is 0.474.